The number of halogens is 2. The molecule has 2 aromatic rings. The van der Waals surface area contributed by atoms with Gasteiger partial charge in [0.1, 0.15) is 5.69 Å². The molecule has 0 fully saturated rings. The summed E-state index contributed by atoms with van der Waals surface area (Å²) in [6, 6.07) is 8.42. The van der Waals surface area contributed by atoms with Crippen molar-refractivity contribution < 1.29 is 4.79 Å². The van der Waals surface area contributed by atoms with Gasteiger partial charge in [-0.05, 0) is 36.8 Å². The standard InChI is InChI=1S/C13H10Cl2N2O/c1-8-2-3-9(14)6-11(8)17-13(18)12-7-10(15)4-5-16-12/h2-7H,1H3,(H,17,18). The van der Waals surface area contributed by atoms with Gasteiger partial charge in [0.2, 0.25) is 0 Å². The van der Waals surface area contributed by atoms with Crippen LogP contribution in [0.3, 0.4) is 0 Å². The average molecular weight is 281 g/mol. The van der Waals surface area contributed by atoms with Crippen LogP contribution in [0.4, 0.5) is 5.69 Å². The lowest BCUT2D eigenvalue weighted by Crippen LogP contribution is -2.14. The van der Waals surface area contributed by atoms with Gasteiger partial charge in [0.05, 0.1) is 0 Å². The number of hydrogen-bond acceptors (Lipinski definition) is 2. The first-order valence-corrected chi connectivity index (χ1v) is 6.01. The Morgan fingerprint density at radius 3 is 2.61 bits per heavy atom. The minimum absolute atomic E-state index is 0.266. The van der Waals surface area contributed by atoms with E-state index in [1.165, 1.54) is 12.3 Å². The lowest BCUT2D eigenvalue weighted by atomic mass is 10.2. The summed E-state index contributed by atoms with van der Waals surface area (Å²) in [5, 5.41) is 3.79. The number of nitrogens with zero attached hydrogens (tertiary/aromatic N) is 1. The second kappa shape index (κ2) is 5.38. The molecule has 0 saturated heterocycles. The largest absolute Gasteiger partial charge is 0.320 e. The van der Waals surface area contributed by atoms with Crippen molar-refractivity contribution in [3.05, 3.63) is 57.8 Å². The van der Waals surface area contributed by atoms with Crippen LogP contribution in [0.2, 0.25) is 10.0 Å². The Labute approximate surface area is 115 Å². The Hall–Kier alpha value is -1.58. The summed E-state index contributed by atoms with van der Waals surface area (Å²) in [5.41, 5.74) is 1.85. The number of amides is 1. The maximum Gasteiger partial charge on any atom is 0.274 e. The lowest BCUT2D eigenvalue weighted by Gasteiger charge is -2.08. The van der Waals surface area contributed by atoms with Gasteiger partial charge in [-0.3, -0.25) is 9.78 Å². The van der Waals surface area contributed by atoms with Gasteiger partial charge in [-0.2, -0.15) is 0 Å². The fraction of sp³-hybridized carbons (Fsp3) is 0.0769. The fourth-order valence-corrected chi connectivity index (χ4v) is 1.78. The van der Waals surface area contributed by atoms with Crippen LogP contribution >= 0.6 is 23.2 Å². The van der Waals surface area contributed by atoms with Gasteiger partial charge in [0.25, 0.3) is 5.91 Å². The number of aromatic nitrogens is 1. The topological polar surface area (TPSA) is 42.0 Å². The molecule has 0 aliphatic rings. The third-order valence-corrected chi connectivity index (χ3v) is 2.87. The van der Waals surface area contributed by atoms with Crippen LogP contribution in [0.25, 0.3) is 0 Å². The van der Waals surface area contributed by atoms with Crippen LogP contribution < -0.4 is 5.32 Å². The summed E-state index contributed by atoms with van der Waals surface area (Å²) in [7, 11) is 0. The zero-order valence-electron chi connectivity index (χ0n) is 9.58. The molecule has 5 heteroatoms. The maximum absolute atomic E-state index is 12.0. The number of carbonyl (C=O) groups is 1. The summed E-state index contributed by atoms with van der Waals surface area (Å²) in [6.45, 7) is 1.89. The van der Waals surface area contributed by atoms with Crippen molar-refractivity contribution in [1.29, 1.82) is 0 Å². The van der Waals surface area contributed by atoms with Crippen molar-refractivity contribution in [1.82, 2.24) is 4.98 Å². The summed E-state index contributed by atoms with van der Waals surface area (Å²) >= 11 is 11.7. The van der Waals surface area contributed by atoms with Gasteiger partial charge in [-0.25, -0.2) is 0 Å². The molecule has 0 bridgehead atoms. The first kappa shape index (κ1) is 12.9. The molecule has 1 heterocycles. The molecule has 0 spiro atoms. The van der Waals surface area contributed by atoms with E-state index in [-0.39, 0.29) is 11.6 Å². The zero-order valence-corrected chi connectivity index (χ0v) is 11.1. The van der Waals surface area contributed by atoms with Gasteiger partial charge in [0, 0.05) is 21.9 Å². The molecule has 0 saturated carbocycles. The fourth-order valence-electron chi connectivity index (χ4n) is 1.44. The third kappa shape index (κ3) is 3.00. The van der Waals surface area contributed by atoms with Gasteiger partial charge >= 0.3 is 0 Å². The van der Waals surface area contributed by atoms with Gasteiger partial charge in [0.15, 0.2) is 0 Å². The molecule has 1 aromatic heterocycles. The Balaban J connectivity index is 2.24. The maximum atomic E-state index is 12.0. The van der Waals surface area contributed by atoms with E-state index in [4.69, 9.17) is 23.2 Å². The Kier molecular flexibility index (Phi) is 3.84. The molecule has 0 aliphatic heterocycles. The number of carbonyl (C=O) groups excluding carboxylic acids is 1. The Morgan fingerprint density at radius 1 is 1.17 bits per heavy atom. The normalized spacial score (nSPS) is 10.2. The highest BCUT2D eigenvalue weighted by molar-refractivity contribution is 6.31. The Morgan fingerprint density at radius 2 is 1.89 bits per heavy atom. The van der Waals surface area contributed by atoms with Gasteiger partial charge in [-0.1, -0.05) is 29.3 Å². The lowest BCUT2D eigenvalue weighted by molar-refractivity contribution is 0.102. The molecule has 0 unspecified atom stereocenters. The summed E-state index contributed by atoms with van der Waals surface area (Å²) in [4.78, 5) is 15.9. The highest BCUT2D eigenvalue weighted by Gasteiger charge is 2.09. The molecule has 0 aliphatic carbocycles. The van der Waals surface area contributed by atoms with Crippen LogP contribution in [0.1, 0.15) is 16.1 Å². The molecule has 3 nitrogen and oxygen atoms in total. The molecule has 1 N–H and O–H groups in total. The molecule has 2 rings (SSSR count). The summed E-state index contributed by atoms with van der Waals surface area (Å²) < 4.78 is 0. The van der Waals surface area contributed by atoms with E-state index < -0.39 is 0 Å². The van der Waals surface area contributed by atoms with Gasteiger partial charge < -0.3 is 5.32 Å². The minimum atomic E-state index is -0.317. The van der Waals surface area contributed by atoms with Gasteiger partial charge in [-0.15, -0.1) is 0 Å². The molecule has 0 radical (unpaired) electrons. The second-order valence-electron chi connectivity index (χ2n) is 3.77. The van der Waals surface area contributed by atoms with Crippen LogP contribution in [0.15, 0.2) is 36.5 Å². The number of aryl methyl sites for hydroxylation is 1. The van der Waals surface area contributed by atoms with Crippen LogP contribution in [-0.2, 0) is 0 Å². The number of benzene rings is 1. The number of hydrogen-bond donors (Lipinski definition) is 1. The smallest absolute Gasteiger partial charge is 0.274 e. The predicted octanol–water partition coefficient (Wildman–Crippen LogP) is 3.95. The first-order valence-electron chi connectivity index (χ1n) is 5.25. The summed E-state index contributed by atoms with van der Waals surface area (Å²) in [6.07, 6.45) is 1.49. The molecule has 1 aromatic carbocycles. The van der Waals surface area contributed by atoms with Crippen LogP contribution in [0.5, 0.6) is 0 Å². The molecule has 18 heavy (non-hydrogen) atoms. The van der Waals surface area contributed by atoms with Crippen molar-refractivity contribution in [2.45, 2.75) is 6.92 Å². The average Bonchev–Trinajstić information content (AvgIpc) is 2.34. The predicted molar refractivity (Wildman–Crippen MR) is 73.4 cm³/mol. The monoisotopic (exact) mass is 280 g/mol. The number of rotatable bonds is 2. The molecule has 1 amide bonds. The number of pyridine rings is 1. The van der Waals surface area contributed by atoms with Crippen molar-refractivity contribution in [3.8, 4) is 0 Å². The van der Waals surface area contributed by atoms with E-state index in [0.29, 0.717) is 15.7 Å². The Bertz CT molecular complexity index is 599. The van der Waals surface area contributed by atoms with Crippen molar-refractivity contribution in [2.75, 3.05) is 5.32 Å². The molecular weight excluding hydrogens is 271 g/mol. The van der Waals surface area contributed by atoms with E-state index in [1.807, 2.05) is 13.0 Å². The van der Waals surface area contributed by atoms with Crippen molar-refractivity contribution in [3.63, 3.8) is 0 Å². The van der Waals surface area contributed by atoms with Crippen LogP contribution in [0, 0.1) is 6.92 Å². The molecular formula is C13H10Cl2N2O. The van der Waals surface area contributed by atoms with E-state index >= 15 is 0 Å². The zero-order chi connectivity index (χ0) is 13.1. The van der Waals surface area contributed by atoms with Crippen molar-refractivity contribution >= 4 is 34.8 Å². The van der Waals surface area contributed by atoms with Crippen molar-refractivity contribution in [2.24, 2.45) is 0 Å². The summed E-state index contributed by atoms with van der Waals surface area (Å²) in [5.74, 6) is -0.317. The van der Waals surface area contributed by atoms with E-state index in [0.717, 1.165) is 5.56 Å². The SMILES string of the molecule is Cc1ccc(Cl)cc1NC(=O)c1cc(Cl)ccn1. The quantitative estimate of drug-likeness (QED) is 0.905. The van der Waals surface area contributed by atoms with Crippen LogP contribution in [-0.4, -0.2) is 10.9 Å². The van der Waals surface area contributed by atoms with E-state index in [9.17, 15) is 4.79 Å². The highest BCUT2D eigenvalue weighted by Crippen LogP contribution is 2.21. The first-order chi connectivity index (χ1) is 8.56. The third-order valence-electron chi connectivity index (χ3n) is 2.40. The van der Waals surface area contributed by atoms with E-state index in [2.05, 4.69) is 10.3 Å². The minimum Gasteiger partial charge on any atom is -0.320 e. The second-order valence-corrected chi connectivity index (χ2v) is 4.65. The molecule has 92 valence electrons. The number of nitrogens with one attached hydrogen (secondary N) is 1. The highest BCUT2D eigenvalue weighted by atomic mass is 35.5. The van der Waals surface area contributed by atoms with E-state index in [1.54, 1.807) is 18.2 Å². The number of anilines is 1. The molecule has 0 atom stereocenters.